The molecule has 1 amide bonds. The number of nitrogens with one attached hydrogen (secondary N) is 1. The normalized spacial score (nSPS) is 13.8. The maximum absolute atomic E-state index is 13.1. The highest BCUT2D eigenvalue weighted by atomic mass is 16.2. The van der Waals surface area contributed by atoms with Crippen molar-refractivity contribution in [1.29, 1.82) is 0 Å². The molecule has 0 unspecified atom stereocenters. The molecule has 0 spiro atoms. The molecular weight excluding hydrogens is 392 g/mol. The predicted molar refractivity (Wildman–Crippen MR) is 120 cm³/mol. The SMILES string of the molecule is Cc1c(NC(=O)c2cnn3ccc(N4CCCC4)cc23)c(=O)n(-c2ccccc2)n1C. The van der Waals surface area contributed by atoms with Crippen molar-refractivity contribution in [3.63, 3.8) is 0 Å². The van der Waals surface area contributed by atoms with Crippen molar-refractivity contribution >= 4 is 22.8 Å². The highest BCUT2D eigenvalue weighted by molar-refractivity contribution is 6.09. The molecule has 0 aliphatic carbocycles. The van der Waals surface area contributed by atoms with Crippen LogP contribution < -0.4 is 15.8 Å². The molecule has 5 rings (SSSR count). The summed E-state index contributed by atoms with van der Waals surface area (Å²) < 4.78 is 4.98. The van der Waals surface area contributed by atoms with Gasteiger partial charge in [-0.25, -0.2) is 9.20 Å². The van der Waals surface area contributed by atoms with E-state index in [1.807, 2.05) is 55.6 Å². The van der Waals surface area contributed by atoms with Crippen molar-refractivity contribution in [2.75, 3.05) is 23.3 Å². The number of amides is 1. The van der Waals surface area contributed by atoms with Crippen molar-refractivity contribution in [3.05, 3.63) is 76.5 Å². The summed E-state index contributed by atoms with van der Waals surface area (Å²) in [5.74, 6) is -0.348. The monoisotopic (exact) mass is 416 g/mol. The number of fused-ring (bicyclic) bond motifs is 1. The van der Waals surface area contributed by atoms with E-state index in [0.717, 1.165) is 30.0 Å². The number of para-hydroxylation sites is 1. The molecule has 4 aromatic rings. The van der Waals surface area contributed by atoms with E-state index < -0.39 is 0 Å². The van der Waals surface area contributed by atoms with Crippen molar-refractivity contribution < 1.29 is 4.79 Å². The quantitative estimate of drug-likeness (QED) is 0.555. The lowest BCUT2D eigenvalue weighted by Gasteiger charge is -2.17. The fraction of sp³-hybridized carbons (Fsp3) is 0.261. The lowest BCUT2D eigenvalue weighted by molar-refractivity contribution is 0.102. The molecule has 0 saturated carbocycles. The second kappa shape index (κ2) is 7.46. The van der Waals surface area contributed by atoms with Gasteiger partial charge in [0.05, 0.1) is 28.7 Å². The van der Waals surface area contributed by atoms with Crippen LogP contribution in [0.3, 0.4) is 0 Å². The number of anilines is 2. The van der Waals surface area contributed by atoms with E-state index in [4.69, 9.17) is 0 Å². The Bertz CT molecular complexity index is 1330. The van der Waals surface area contributed by atoms with Crippen LogP contribution in [0.25, 0.3) is 11.2 Å². The number of benzene rings is 1. The summed E-state index contributed by atoms with van der Waals surface area (Å²) in [6.07, 6.45) is 5.78. The first kappa shape index (κ1) is 19.2. The second-order valence-corrected chi connectivity index (χ2v) is 7.86. The number of carbonyl (C=O) groups excluding carboxylic acids is 1. The molecule has 0 bridgehead atoms. The van der Waals surface area contributed by atoms with Crippen molar-refractivity contribution in [3.8, 4) is 5.69 Å². The van der Waals surface area contributed by atoms with Crippen LogP contribution in [0.1, 0.15) is 28.9 Å². The molecule has 1 N–H and O–H groups in total. The molecule has 8 nitrogen and oxygen atoms in total. The Labute approximate surface area is 179 Å². The third-order valence-corrected chi connectivity index (χ3v) is 6.01. The van der Waals surface area contributed by atoms with E-state index in [-0.39, 0.29) is 17.2 Å². The summed E-state index contributed by atoms with van der Waals surface area (Å²) in [5, 5.41) is 7.15. The highest BCUT2D eigenvalue weighted by Gasteiger charge is 2.21. The second-order valence-electron chi connectivity index (χ2n) is 7.86. The van der Waals surface area contributed by atoms with Crippen molar-refractivity contribution in [2.45, 2.75) is 19.8 Å². The van der Waals surface area contributed by atoms with Gasteiger partial charge in [0.15, 0.2) is 0 Å². The molecule has 0 radical (unpaired) electrons. The smallest absolute Gasteiger partial charge is 0.295 e. The van der Waals surface area contributed by atoms with Crippen LogP contribution in [0.15, 0.2) is 59.7 Å². The van der Waals surface area contributed by atoms with Gasteiger partial charge in [0.2, 0.25) is 0 Å². The summed E-state index contributed by atoms with van der Waals surface area (Å²) in [5.41, 5.74) is 3.66. The molecule has 4 heterocycles. The predicted octanol–water partition coefficient (Wildman–Crippen LogP) is 2.98. The van der Waals surface area contributed by atoms with E-state index in [1.54, 1.807) is 27.1 Å². The van der Waals surface area contributed by atoms with Gasteiger partial charge in [-0.2, -0.15) is 5.10 Å². The number of hydrogen-bond donors (Lipinski definition) is 1. The lowest BCUT2D eigenvalue weighted by Crippen LogP contribution is -2.23. The molecule has 1 aliphatic rings. The Kier molecular flexibility index (Phi) is 4.62. The van der Waals surface area contributed by atoms with E-state index >= 15 is 0 Å². The van der Waals surface area contributed by atoms with Gasteiger partial charge in [-0.15, -0.1) is 0 Å². The summed E-state index contributed by atoms with van der Waals surface area (Å²) in [4.78, 5) is 28.6. The number of carbonyl (C=O) groups is 1. The zero-order valence-electron chi connectivity index (χ0n) is 17.6. The molecule has 31 heavy (non-hydrogen) atoms. The Morgan fingerprint density at radius 1 is 1.06 bits per heavy atom. The number of hydrogen-bond acceptors (Lipinski definition) is 4. The minimum absolute atomic E-state index is 0.270. The Balaban J connectivity index is 1.50. The van der Waals surface area contributed by atoms with Crippen molar-refractivity contribution in [2.24, 2.45) is 7.05 Å². The van der Waals surface area contributed by atoms with Crippen LogP contribution in [0.2, 0.25) is 0 Å². The Morgan fingerprint density at radius 2 is 1.81 bits per heavy atom. The van der Waals surface area contributed by atoms with Gasteiger partial charge in [-0.3, -0.25) is 14.3 Å². The average Bonchev–Trinajstić information content (AvgIpc) is 3.50. The Hall–Kier alpha value is -3.81. The van der Waals surface area contributed by atoms with Gasteiger partial charge in [-0.1, -0.05) is 18.2 Å². The summed E-state index contributed by atoms with van der Waals surface area (Å²) in [6, 6.07) is 13.4. The van der Waals surface area contributed by atoms with E-state index in [9.17, 15) is 9.59 Å². The van der Waals surface area contributed by atoms with E-state index in [2.05, 4.69) is 15.3 Å². The third kappa shape index (κ3) is 3.20. The molecule has 1 aliphatic heterocycles. The maximum Gasteiger partial charge on any atom is 0.295 e. The minimum atomic E-state index is -0.348. The van der Waals surface area contributed by atoms with Gasteiger partial charge >= 0.3 is 0 Å². The minimum Gasteiger partial charge on any atom is -0.371 e. The number of pyridine rings is 1. The van der Waals surface area contributed by atoms with Crippen LogP contribution in [0.5, 0.6) is 0 Å². The van der Waals surface area contributed by atoms with E-state index in [1.165, 1.54) is 12.8 Å². The zero-order valence-corrected chi connectivity index (χ0v) is 17.6. The molecule has 0 atom stereocenters. The lowest BCUT2D eigenvalue weighted by atomic mass is 10.2. The van der Waals surface area contributed by atoms with Crippen LogP contribution in [0.4, 0.5) is 11.4 Å². The molecule has 1 fully saturated rings. The van der Waals surface area contributed by atoms with Gasteiger partial charge < -0.3 is 10.2 Å². The average molecular weight is 416 g/mol. The van der Waals surface area contributed by atoms with Gasteiger partial charge in [-0.05, 0) is 44.0 Å². The molecular formula is C23H24N6O2. The number of rotatable bonds is 4. The van der Waals surface area contributed by atoms with Gasteiger partial charge in [0.1, 0.15) is 5.69 Å². The molecule has 3 aromatic heterocycles. The topological polar surface area (TPSA) is 76.6 Å². The van der Waals surface area contributed by atoms with Gasteiger partial charge in [0.25, 0.3) is 11.5 Å². The van der Waals surface area contributed by atoms with Crippen molar-refractivity contribution in [1.82, 2.24) is 19.0 Å². The first-order valence-electron chi connectivity index (χ1n) is 10.4. The summed E-state index contributed by atoms with van der Waals surface area (Å²) in [7, 11) is 1.80. The van der Waals surface area contributed by atoms with Crippen LogP contribution in [0, 0.1) is 6.92 Å². The largest absolute Gasteiger partial charge is 0.371 e. The molecule has 1 aromatic carbocycles. The maximum atomic E-state index is 13.1. The summed E-state index contributed by atoms with van der Waals surface area (Å²) in [6.45, 7) is 3.86. The Morgan fingerprint density at radius 3 is 2.55 bits per heavy atom. The third-order valence-electron chi connectivity index (χ3n) is 6.01. The van der Waals surface area contributed by atoms with E-state index in [0.29, 0.717) is 11.3 Å². The number of aromatic nitrogens is 4. The fourth-order valence-electron chi connectivity index (χ4n) is 4.21. The van der Waals surface area contributed by atoms with Crippen LogP contribution in [-0.4, -0.2) is 38.0 Å². The summed E-state index contributed by atoms with van der Waals surface area (Å²) >= 11 is 0. The first-order chi connectivity index (χ1) is 15.0. The standard InChI is InChI=1S/C23H24N6O2/c1-16-21(23(31)29(26(16)2)17-8-4-3-5-9-17)25-22(30)19-15-24-28-13-10-18(14-20(19)28)27-11-6-7-12-27/h3-5,8-10,13-15H,6-7,11-12H2,1-2H3,(H,25,30). The fourth-order valence-corrected chi connectivity index (χ4v) is 4.21. The van der Waals surface area contributed by atoms with Crippen LogP contribution >= 0.6 is 0 Å². The molecule has 158 valence electrons. The number of nitrogens with zero attached hydrogens (tertiary/aromatic N) is 5. The zero-order chi connectivity index (χ0) is 21.5. The van der Waals surface area contributed by atoms with Crippen LogP contribution in [-0.2, 0) is 7.05 Å². The van der Waals surface area contributed by atoms with Gasteiger partial charge in [0, 0.05) is 32.0 Å². The first-order valence-corrected chi connectivity index (χ1v) is 10.4. The highest BCUT2D eigenvalue weighted by Crippen LogP contribution is 2.24. The molecule has 1 saturated heterocycles. The molecule has 8 heteroatoms.